The van der Waals surface area contributed by atoms with Crippen LogP contribution in [0.4, 0.5) is 5.69 Å². The van der Waals surface area contributed by atoms with E-state index in [0.717, 1.165) is 5.56 Å². The molecule has 0 aliphatic carbocycles. The van der Waals surface area contributed by atoms with Crippen LogP contribution >= 0.6 is 0 Å². The van der Waals surface area contributed by atoms with E-state index in [2.05, 4.69) is 5.32 Å². The molecule has 2 N–H and O–H groups in total. The maximum atomic E-state index is 12.1. The van der Waals surface area contributed by atoms with Gasteiger partial charge in [0.05, 0.1) is 5.56 Å². The molecule has 0 fully saturated rings. The quantitative estimate of drug-likeness (QED) is 0.836. The molecule has 2 rings (SSSR count). The number of carbonyl (C=O) groups excluding carboxylic acids is 1. The van der Waals surface area contributed by atoms with Gasteiger partial charge in [0, 0.05) is 11.1 Å². The number of carbonyl (C=O) groups is 2. The monoisotopic (exact) mass is 337 g/mol. The molecule has 0 saturated carbocycles. The van der Waals surface area contributed by atoms with E-state index in [1.165, 1.54) is 6.07 Å². The summed E-state index contributed by atoms with van der Waals surface area (Å²) < 4.78 is 0. The molecule has 2 aromatic carbocycles. The molecule has 0 unspecified atom stereocenters. The van der Waals surface area contributed by atoms with Gasteiger partial charge in [-0.1, -0.05) is 69.3 Å². The third kappa shape index (κ3) is 5.31. The fourth-order valence-corrected chi connectivity index (χ4v) is 2.24. The Labute approximate surface area is 148 Å². The van der Waals surface area contributed by atoms with E-state index in [-0.39, 0.29) is 11.5 Å². The summed E-state index contributed by atoms with van der Waals surface area (Å²) >= 11 is 0. The highest BCUT2D eigenvalue weighted by molar-refractivity contribution is 5.97. The lowest BCUT2D eigenvalue weighted by Crippen LogP contribution is -2.27. The van der Waals surface area contributed by atoms with Crippen molar-refractivity contribution >= 4 is 23.6 Å². The zero-order valence-electron chi connectivity index (χ0n) is 14.7. The Morgan fingerprint density at radius 2 is 1.76 bits per heavy atom. The first-order valence-electron chi connectivity index (χ1n) is 8.16. The van der Waals surface area contributed by atoms with E-state index in [0.29, 0.717) is 17.7 Å². The number of allylic oxidation sites excluding steroid dienone is 1. The average molecular weight is 337 g/mol. The van der Waals surface area contributed by atoms with Gasteiger partial charge in [-0.05, 0) is 29.7 Å². The molecular weight excluding hydrogens is 314 g/mol. The van der Waals surface area contributed by atoms with Gasteiger partial charge in [0.2, 0.25) is 5.91 Å². The van der Waals surface area contributed by atoms with Crippen LogP contribution in [0.25, 0.3) is 6.08 Å². The lowest BCUT2D eigenvalue weighted by atomic mass is 9.95. The molecule has 0 saturated heterocycles. The van der Waals surface area contributed by atoms with E-state index in [4.69, 9.17) is 0 Å². The van der Waals surface area contributed by atoms with Crippen molar-refractivity contribution in [3.8, 4) is 0 Å². The van der Waals surface area contributed by atoms with Crippen LogP contribution in [0.3, 0.4) is 0 Å². The van der Waals surface area contributed by atoms with Gasteiger partial charge >= 0.3 is 5.97 Å². The number of benzene rings is 2. The molecule has 25 heavy (non-hydrogen) atoms. The van der Waals surface area contributed by atoms with Crippen molar-refractivity contribution < 1.29 is 14.7 Å². The predicted octanol–water partition coefficient (Wildman–Crippen LogP) is 4.63. The largest absolute Gasteiger partial charge is 0.478 e. The first-order valence-corrected chi connectivity index (χ1v) is 8.16. The van der Waals surface area contributed by atoms with Crippen molar-refractivity contribution in [1.82, 2.24) is 0 Å². The van der Waals surface area contributed by atoms with E-state index >= 15 is 0 Å². The van der Waals surface area contributed by atoms with Crippen LogP contribution < -0.4 is 5.32 Å². The molecule has 0 aromatic heterocycles. The summed E-state index contributed by atoms with van der Waals surface area (Å²) in [5.41, 5.74) is 1.92. The third-order valence-electron chi connectivity index (χ3n) is 3.73. The molecule has 0 aliphatic heterocycles. The minimum Gasteiger partial charge on any atom is -0.478 e. The minimum absolute atomic E-state index is 0.152. The lowest BCUT2D eigenvalue weighted by molar-refractivity contribution is -0.123. The van der Waals surface area contributed by atoms with Crippen LogP contribution in [-0.2, 0) is 11.2 Å². The van der Waals surface area contributed by atoms with Crippen molar-refractivity contribution in [2.24, 2.45) is 5.41 Å². The second-order valence-corrected chi connectivity index (χ2v) is 6.90. The molecule has 1 amide bonds. The standard InChI is InChI=1S/C21H23NO3/c1-21(2,3)20(25)22-17-13-12-16(18(14-17)19(23)24)11-7-10-15-8-5-4-6-9-15/h4-10,12-14H,11H2,1-3H3,(H,22,25)(H,23,24)/b10-7+. The molecular formula is C21H23NO3. The van der Waals surface area contributed by atoms with Crippen molar-refractivity contribution in [2.75, 3.05) is 5.32 Å². The minimum atomic E-state index is -1.00. The van der Waals surface area contributed by atoms with Crippen molar-refractivity contribution in [1.29, 1.82) is 0 Å². The Kier molecular flexibility index (Phi) is 5.75. The number of hydrogen-bond donors (Lipinski definition) is 2. The van der Waals surface area contributed by atoms with Crippen LogP contribution in [-0.4, -0.2) is 17.0 Å². The van der Waals surface area contributed by atoms with Crippen LogP contribution in [0.2, 0.25) is 0 Å². The van der Waals surface area contributed by atoms with Crippen LogP contribution in [0.1, 0.15) is 42.3 Å². The zero-order chi connectivity index (χ0) is 18.4. The fraction of sp³-hybridized carbons (Fsp3) is 0.238. The summed E-state index contributed by atoms with van der Waals surface area (Å²) in [7, 11) is 0. The van der Waals surface area contributed by atoms with Gasteiger partial charge in [-0.3, -0.25) is 4.79 Å². The number of rotatable bonds is 5. The molecule has 0 bridgehead atoms. The molecule has 4 nitrogen and oxygen atoms in total. The van der Waals surface area contributed by atoms with E-state index in [1.54, 1.807) is 12.1 Å². The van der Waals surface area contributed by atoms with E-state index in [1.807, 2.05) is 63.3 Å². The second kappa shape index (κ2) is 7.79. The van der Waals surface area contributed by atoms with Gasteiger partial charge < -0.3 is 10.4 Å². The summed E-state index contributed by atoms with van der Waals surface area (Å²) in [4.78, 5) is 23.6. The van der Waals surface area contributed by atoms with Gasteiger partial charge in [0.15, 0.2) is 0 Å². The first-order chi connectivity index (χ1) is 11.8. The number of amides is 1. The number of anilines is 1. The van der Waals surface area contributed by atoms with Crippen LogP contribution in [0.15, 0.2) is 54.6 Å². The van der Waals surface area contributed by atoms with Crippen molar-refractivity contribution in [2.45, 2.75) is 27.2 Å². The Balaban J connectivity index is 2.17. The Morgan fingerprint density at radius 3 is 2.36 bits per heavy atom. The highest BCUT2D eigenvalue weighted by atomic mass is 16.4. The van der Waals surface area contributed by atoms with Crippen LogP contribution in [0, 0.1) is 5.41 Å². The topological polar surface area (TPSA) is 66.4 Å². The molecule has 130 valence electrons. The molecule has 0 heterocycles. The summed E-state index contributed by atoms with van der Waals surface area (Å²) in [6.45, 7) is 5.43. The number of carboxylic acids is 1. The maximum absolute atomic E-state index is 12.1. The Bertz CT molecular complexity index is 787. The molecule has 0 radical (unpaired) electrons. The molecule has 0 aliphatic rings. The smallest absolute Gasteiger partial charge is 0.336 e. The number of carboxylic acid groups (broad SMARTS) is 1. The Morgan fingerprint density at radius 1 is 1.08 bits per heavy atom. The maximum Gasteiger partial charge on any atom is 0.336 e. The summed E-state index contributed by atoms with van der Waals surface area (Å²) in [5, 5.41) is 12.2. The van der Waals surface area contributed by atoms with Gasteiger partial charge in [-0.25, -0.2) is 4.79 Å². The molecule has 4 heteroatoms. The Hall–Kier alpha value is -2.88. The van der Waals surface area contributed by atoms with Gasteiger partial charge in [0.25, 0.3) is 0 Å². The molecule has 0 atom stereocenters. The summed E-state index contributed by atoms with van der Waals surface area (Å²) in [5.74, 6) is -1.16. The fourth-order valence-electron chi connectivity index (χ4n) is 2.24. The number of aromatic carboxylic acids is 1. The second-order valence-electron chi connectivity index (χ2n) is 6.90. The van der Waals surface area contributed by atoms with Gasteiger partial charge in [-0.15, -0.1) is 0 Å². The van der Waals surface area contributed by atoms with Crippen molar-refractivity contribution in [3.63, 3.8) is 0 Å². The van der Waals surface area contributed by atoms with E-state index < -0.39 is 11.4 Å². The SMILES string of the molecule is CC(C)(C)C(=O)Nc1ccc(C/C=C/c2ccccc2)c(C(=O)O)c1. The number of hydrogen-bond acceptors (Lipinski definition) is 2. The first kappa shape index (κ1) is 18.5. The molecule has 0 spiro atoms. The normalized spacial score (nSPS) is 11.5. The predicted molar refractivity (Wildman–Crippen MR) is 101 cm³/mol. The lowest BCUT2D eigenvalue weighted by Gasteiger charge is -2.18. The number of nitrogens with one attached hydrogen (secondary N) is 1. The van der Waals surface area contributed by atoms with Crippen LogP contribution in [0.5, 0.6) is 0 Å². The van der Waals surface area contributed by atoms with Gasteiger partial charge in [0.1, 0.15) is 0 Å². The van der Waals surface area contributed by atoms with Gasteiger partial charge in [-0.2, -0.15) is 0 Å². The van der Waals surface area contributed by atoms with Crippen molar-refractivity contribution in [3.05, 3.63) is 71.3 Å². The summed E-state index contributed by atoms with van der Waals surface area (Å²) in [6.07, 6.45) is 4.40. The molecule has 2 aromatic rings. The highest BCUT2D eigenvalue weighted by Crippen LogP contribution is 2.21. The summed E-state index contributed by atoms with van der Waals surface area (Å²) in [6, 6.07) is 14.8. The average Bonchev–Trinajstić information content (AvgIpc) is 2.56. The highest BCUT2D eigenvalue weighted by Gasteiger charge is 2.21. The zero-order valence-corrected chi connectivity index (χ0v) is 14.7. The third-order valence-corrected chi connectivity index (χ3v) is 3.73. The van der Waals surface area contributed by atoms with E-state index in [9.17, 15) is 14.7 Å².